The van der Waals surface area contributed by atoms with Gasteiger partial charge in [-0.25, -0.2) is 4.79 Å². The maximum absolute atomic E-state index is 11.4. The van der Waals surface area contributed by atoms with Gasteiger partial charge in [-0.05, 0) is 24.2 Å². The second-order valence-corrected chi connectivity index (χ2v) is 5.14. The molecule has 0 spiro atoms. The highest BCUT2D eigenvalue weighted by Crippen LogP contribution is 2.51. The lowest BCUT2D eigenvalue weighted by molar-refractivity contribution is -0.138. The first-order valence-electron chi connectivity index (χ1n) is 6.15. The first-order valence-corrected chi connectivity index (χ1v) is 6.15. The zero-order chi connectivity index (χ0) is 13.8. The van der Waals surface area contributed by atoms with Crippen molar-refractivity contribution in [1.82, 2.24) is 10.6 Å². The van der Waals surface area contributed by atoms with Gasteiger partial charge in [-0.2, -0.15) is 0 Å². The number of hydrogen-bond donors (Lipinski definition) is 3. The van der Waals surface area contributed by atoms with Crippen molar-refractivity contribution in [3.8, 4) is 0 Å². The number of carboxylic acid groups (broad SMARTS) is 1. The molecule has 6 nitrogen and oxygen atoms in total. The summed E-state index contributed by atoms with van der Waals surface area (Å²) in [7, 11) is 0. The van der Waals surface area contributed by atoms with E-state index in [4.69, 9.17) is 5.11 Å². The molecule has 0 unspecified atom stereocenters. The molecule has 0 saturated heterocycles. The lowest BCUT2D eigenvalue weighted by Gasteiger charge is -2.19. The first kappa shape index (κ1) is 14.5. The van der Waals surface area contributed by atoms with Crippen LogP contribution in [0.15, 0.2) is 0 Å². The standard InChI is InChI=1S/C12H20N2O4/c1-8(2)12(5-6-12)7-13-11(18)14-9(15)3-4-10(16)17/h8H,3-7H2,1-2H3,(H,16,17)(H2,13,14,15,18). The predicted molar refractivity (Wildman–Crippen MR) is 64.9 cm³/mol. The molecule has 0 heterocycles. The quantitative estimate of drug-likeness (QED) is 0.663. The number of nitrogens with one attached hydrogen (secondary N) is 2. The fourth-order valence-corrected chi connectivity index (χ4v) is 1.83. The fraction of sp³-hybridized carbons (Fsp3) is 0.750. The molecule has 102 valence electrons. The van der Waals surface area contributed by atoms with Gasteiger partial charge in [-0.15, -0.1) is 0 Å². The molecule has 1 fully saturated rings. The van der Waals surface area contributed by atoms with E-state index in [1.807, 2.05) is 0 Å². The average Bonchev–Trinajstić information content (AvgIpc) is 3.04. The molecule has 0 aliphatic heterocycles. The minimum absolute atomic E-state index is 0.182. The summed E-state index contributed by atoms with van der Waals surface area (Å²) in [5, 5.41) is 13.2. The van der Waals surface area contributed by atoms with Crippen molar-refractivity contribution in [1.29, 1.82) is 0 Å². The second kappa shape index (κ2) is 5.84. The molecule has 3 N–H and O–H groups in total. The monoisotopic (exact) mass is 256 g/mol. The van der Waals surface area contributed by atoms with Crippen molar-refractivity contribution in [3.05, 3.63) is 0 Å². The van der Waals surface area contributed by atoms with Gasteiger partial charge in [0.25, 0.3) is 0 Å². The highest BCUT2D eigenvalue weighted by molar-refractivity contribution is 5.95. The van der Waals surface area contributed by atoms with Crippen LogP contribution in [0.2, 0.25) is 0 Å². The van der Waals surface area contributed by atoms with Crippen molar-refractivity contribution in [2.45, 2.75) is 39.5 Å². The van der Waals surface area contributed by atoms with Crippen LogP contribution in [-0.2, 0) is 9.59 Å². The summed E-state index contributed by atoms with van der Waals surface area (Å²) >= 11 is 0. The summed E-state index contributed by atoms with van der Waals surface area (Å²) in [4.78, 5) is 32.9. The third kappa shape index (κ3) is 4.35. The number of urea groups is 1. The van der Waals surface area contributed by atoms with E-state index in [0.717, 1.165) is 12.8 Å². The molecule has 1 aliphatic rings. The lowest BCUT2D eigenvalue weighted by atomic mass is 9.92. The predicted octanol–water partition coefficient (Wildman–Crippen LogP) is 1.11. The summed E-state index contributed by atoms with van der Waals surface area (Å²) in [5.41, 5.74) is 0.182. The maximum atomic E-state index is 11.4. The molecule has 18 heavy (non-hydrogen) atoms. The van der Waals surface area contributed by atoms with E-state index >= 15 is 0 Å². The summed E-state index contributed by atoms with van der Waals surface area (Å²) in [5.74, 6) is -1.12. The number of carboxylic acids is 1. The minimum Gasteiger partial charge on any atom is -0.481 e. The largest absolute Gasteiger partial charge is 0.481 e. The molecule has 0 radical (unpaired) electrons. The molecule has 0 bridgehead atoms. The summed E-state index contributed by atoms with van der Waals surface area (Å²) < 4.78 is 0. The molecule has 0 aromatic heterocycles. The fourth-order valence-electron chi connectivity index (χ4n) is 1.83. The minimum atomic E-state index is -1.05. The summed E-state index contributed by atoms with van der Waals surface area (Å²) in [6.07, 6.45) is 1.74. The van der Waals surface area contributed by atoms with Gasteiger partial charge >= 0.3 is 12.0 Å². The third-order valence-corrected chi connectivity index (χ3v) is 3.54. The van der Waals surface area contributed by atoms with Crippen LogP contribution in [-0.4, -0.2) is 29.6 Å². The van der Waals surface area contributed by atoms with Crippen molar-refractivity contribution < 1.29 is 19.5 Å². The van der Waals surface area contributed by atoms with Gasteiger partial charge in [0.15, 0.2) is 0 Å². The molecular weight excluding hydrogens is 236 g/mol. The normalized spacial score (nSPS) is 16.2. The molecule has 1 rings (SSSR count). The van der Waals surface area contributed by atoms with Crippen LogP contribution in [0.4, 0.5) is 4.79 Å². The van der Waals surface area contributed by atoms with Crippen LogP contribution in [0.25, 0.3) is 0 Å². The van der Waals surface area contributed by atoms with E-state index in [1.165, 1.54) is 0 Å². The van der Waals surface area contributed by atoms with Crippen LogP contribution in [0.5, 0.6) is 0 Å². The van der Waals surface area contributed by atoms with Gasteiger partial charge < -0.3 is 10.4 Å². The SMILES string of the molecule is CC(C)C1(CNC(=O)NC(=O)CCC(=O)O)CC1. The Hall–Kier alpha value is -1.59. The van der Waals surface area contributed by atoms with Crippen molar-refractivity contribution in [2.75, 3.05) is 6.54 Å². The van der Waals surface area contributed by atoms with Crippen molar-refractivity contribution in [3.63, 3.8) is 0 Å². The van der Waals surface area contributed by atoms with E-state index in [9.17, 15) is 14.4 Å². The van der Waals surface area contributed by atoms with Crippen LogP contribution in [0.1, 0.15) is 39.5 Å². The molecule has 1 saturated carbocycles. The van der Waals surface area contributed by atoms with Gasteiger partial charge in [0.1, 0.15) is 0 Å². The van der Waals surface area contributed by atoms with Crippen LogP contribution in [0, 0.1) is 11.3 Å². The van der Waals surface area contributed by atoms with Crippen LogP contribution in [0.3, 0.4) is 0 Å². The molecular formula is C12H20N2O4. The molecule has 6 heteroatoms. The maximum Gasteiger partial charge on any atom is 0.321 e. The van der Waals surface area contributed by atoms with Crippen molar-refractivity contribution in [2.24, 2.45) is 11.3 Å². The van der Waals surface area contributed by atoms with E-state index in [1.54, 1.807) is 0 Å². The highest BCUT2D eigenvalue weighted by Gasteiger charge is 2.45. The highest BCUT2D eigenvalue weighted by atomic mass is 16.4. The van der Waals surface area contributed by atoms with Gasteiger partial charge in [0, 0.05) is 13.0 Å². The number of aliphatic carboxylic acids is 1. The molecule has 3 amide bonds. The molecule has 0 aromatic rings. The van der Waals surface area contributed by atoms with Gasteiger partial charge in [-0.3, -0.25) is 14.9 Å². The topological polar surface area (TPSA) is 95.5 Å². The van der Waals surface area contributed by atoms with Gasteiger partial charge in [0.05, 0.1) is 6.42 Å². The Morgan fingerprint density at radius 2 is 1.83 bits per heavy atom. The summed E-state index contributed by atoms with van der Waals surface area (Å²) in [6, 6.07) is -0.544. The number of imide groups is 1. The van der Waals surface area contributed by atoms with Gasteiger partial charge in [-0.1, -0.05) is 13.8 Å². The third-order valence-electron chi connectivity index (χ3n) is 3.54. The summed E-state index contributed by atoms with van der Waals surface area (Å²) in [6.45, 7) is 4.79. The lowest BCUT2D eigenvalue weighted by Crippen LogP contribution is -2.42. The Morgan fingerprint density at radius 1 is 1.22 bits per heavy atom. The molecule has 0 aromatic carbocycles. The van der Waals surface area contributed by atoms with E-state index in [0.29, 0.717) is 12.5 Å². The van der Waals surface area contributed by atoms with E-state index in [-0.39, 0.29) is 18.3 Å². The number of amides is 3. The average molecular weight is 256 g/mol. The molecule has 1 aliphatic carbocycles. The Balaban J connectivity index is 2.22. The number of rotatable bonds is 6. The van der Waals surface area contributed by atoms with Crippen LogP contribution < -0.4 is 10.6 Å². The Morgan fingerprint density at radius 3 is 2.28 bits per heavy atom. The first-order chi connectivity index (χ1) is 8.35. The van der Waals surface area contributed by atoms with Gasteiger partial charge in [0.2, 0.25) is 5.91 Å². The number of carbonyl (C=O) groups excluding carboxylic acids is 2. The number of carbonyl (C=O) groups is 3. The number of hydrogen-bond acceptors (Lipinski definition) is 3. The Bertz CT molecular complexity index is 348. The Labute approximate surface area is 106 Å². The van der Waals surface area contributed by atoms with E-state index in [2.05, 4.69) is 24.5 Å². The smallest absolute Gasteiger partial charge is 0.321 e. The second-order valence-electron chi connectivity index (χ2n) is 5.14. The van der Waals surface area contributed by atoms with Crippen molar-refractivity contribution >= 4 is 17.9 Å². The zero-order valence-electron chi connectivity index (χ0n) is 10.8. The molecule has 0 atom stereocenters. The van der Waals surface area contributed by atoms with E-state index < -0.39 is 17.9 Å². The Kier molecular flexibility index (Phi) is 4.69. The zero-order valence-corrected chi connectivity index (χ0v) is 10.8. The van der Waals surface area contributed by atoms with Crippen LogP contribution >= 0.6 is 0 Å².